The van der Waals surface area contributed by atoms with Gasteiger partial charge in [0.05, 0.1) is 19.8 Å². The molecule has 0 bridgehead atoms. The number of ether oxygens (including phenoxy) is 1. The molecule has 0 radical (unpaired) electrons. The standard InChI is InChI=1S/C18H20FO3PS/c1-18(2)12-21-23(24,16-10-8-15(20-3)9-11-16)22-17(18)13-4-6-14(19)7-5-13/h4-11,17H,12H2,1-3H3. The second kappa shape index (κ2) is 6.57. The molecule has 0 saturated carbocycles. The van der Waals surface area contributed by atoms with E-state index in [-0.39, 0.29) is 17.3 Å². The lowest BCUT2D eigenvalue weighted by atomic mass is 9.83. The highest BCUT2D eigenvalue weighted by Crippen LogP contribution is 2.60. The average Bonchev–Trinajstić information content (AvgIpc) is 2.58. The summed E-state index contributed by atoms with van der Waals surface area (Å²) in [6.45, 7) is 1.99. The molecule has 2 atom stereocenters. The summed E-state index contributed by atoms with van der Waals surface area (Å²) < 4.78 is 30.7. The minimum absolute atomic E-state index is 0.250. The van der Waals surface area contributed by atoms with Crippen LogP contribution in [-0.4, -0.2) is 13.7 Å². The molecule has 2 aromatic carbocycles. The van der Waals surface area contributed by atoms with E-state index in [1.165, 1.54) is 12.1 Å². The predicted octanol–water partition coefficient (Wildman–Crippen LogP) is 4.58. The Morgan fingerprint density at radius 3 is 2.33 bits per heavy atom. The van der Waals surface area contributed by atoms with Gasteiger partial charge >= 0.3 is 0 Å². The maximum atomic E-state index is 13.2. The van der Waals surface area contributed by atoms with Crippen molar-refractivity contribution in [2.45, 2.75) is 20.0 Å². The fraction of sp³-hybridized carbons (Fsp3) is 0.333. The number of hydrogen-bond acceptors (Lipinski definition) is 4. The minimum Gasteiger partial charge on any atom is -0.497 e. The number of halogens is 1. The molecule has 0 spiro atoms. The van der Waals surface area contributed by atoms with Crippen molar-refractivity contribution in [3.63, 3.8) is 0 Å². The van der Waals surface area contributed by atoms with Gasteiger partial charge in [0.25, 0.3) is 0 Å². The van der Waals surface area contributed by atoms with Gasteiger partial charge in [-0.05, 0) is 53.8 Å². The molecule has 3 nitrogen and oxygen atoms in total. The third kappa shape index (κ3) is 3.40. The predicted molar refractivity (Wildman–Crippen MR) is 96.9 cm³/mol. The van der Waals surface area contributed by atoms with Gasteiger partial charge in [-0.2, -0.15) is 0 Å². The molecular formula is C18H20FO3PS. The van der Waals surface area contributed by atoms with Gasteiger partial charge < -0.3 is 13.8 Å². The van der Waals surface area contributed by atoms with Crippen molar-refractivity contribution >= 4 is 23.6 Å². The molecule has 0 amide bonds. The van der Waals surface area contributed by atoms with Gasteiger partial charge in [0.2, 0.25) is 6.49 Å². The Bertz CT molecular complexity index is 759. The Hall–Kier alpha value is -1.26. The van der Waals surface area contributed by atoms with E-state index in [0.29, 0.717) is 6.61 Å². The van der Waals surface area contributed by atoms with Crippen LogP contribution in [0.1, 0.15) is 25.5 Å². The summed E-state index contributed by atoms with van der Waals surface area (Å²) in [5, 5.41) is 0.848. The molecule has 2 unspecified atom stereocenters. The smallest absolute Gasteiger partial charge is 0.220 e. The lowest BCUT2D eigenvalue weighted by molar-refractivity contribution is -0.00895. The first-order valence-electron chi connectivity index (χ1n) is 7.67. The summed E-state index contributed by atoms with van der Waals surface area (Å²) in [6.07, 6.45) is -0.250. The highest BCUT2D eigenvalue weighted by Gasteiger charge is 2.43. The summed E-state index contributed by atoms with van der Waals surface area (Å²) in [5.41, 5.74) is 0.652. The van der Waals surface area contributed by atoms with E-state index in [9.17, 15) is 4.39 Å². The zero-order chi connectivity index (χ0) is 17.4. The van der Waals surface area contributed by atoms with E-state index in [4.69, 9.17) is 25.6 Å². The van der Waals surface area contributed by atoms with Crippen LogP contribution in [0.4, 0.5) is 4.39 Å². The Balaban J connectivity index is 1.94. The van der Waals surface area contributed by atoms with Crippen LogP contribution in [0.3, 0.4) is 0 Å². The highest BCUT2D eigenvalue weighted by molar-refractivity contribution is 8.13. The maximum absolute atomic E-state index is 13.2. The van der Waals surface area contributed by atoms with Gasteiger partial charge in [0, 0.05) is 10.7 Å². The van der Waals surface area contributed by atoms with Gasteiger partial charge in [0.1, 0.15) is 11.6 Å². The van der Waals surface area contributed by atoms with Crippen LogP contribution in [0.2, 0.25) is 0 Å². The number of rotatable bonds is 3. The van der Waals surface area contributed by atoms with E-state index in [2.05, 4.69) is 13.8 Å². The van der Waals surface area contributed by atoms with Crippen molar-refractivity contribution in [2.24, 2.45) is 5.41 Å². The molecule has 1 heterocycles. The summed E-state index contributed by atoms with van der Waals surface area (Å²) in [4.78, 5) is 0. The van der Waals surface area contributed by atoms with Crippen molar-refractivity contribution < 1.29 is 18.2 Å². The molecular weight excluding hydrogens is 346 g/mol. The first-order valence-corrected chi connectivity index (χ1v) is 10.3. The summed E-state index contributed by atoms with van der Waals surface area (Å²) in [6, 6.07) is 13.9. The molecule has 0 aliphatic carbocycles. The largest absolute Gasteiger partial charge is 0.497 e. The van der Waals surface area contributed by atoms with Crippen molar-refractivity contribution in [3.05, 3.63) is 59.9 Å². The first kappa shape index (κ1) is 17.6. The molecule has 6 heteroatoms. The zero-order valence-electron chi connectivity index (χ0n) is 13.9. The third-order valence-electron chi connectivity index (χ3n) is 4.12. The molecule has 0 N–H and O–H groups in total. The van der Waals surface area contributed by atoms with Gasteiger partial charge in [-0.1, -0.05) is 26.0 Å². The quantitative estimate of drug-likeness (QED) is 0.743. The first-order chi connectivity index (χ1) is 11.3. The average molecular weight is 366 g/mol. The Morgan fingerprint density at radius 1 is 1.12 bits per heavy atom. The zero-order valence-corrected chi connectivity index (χ0v) is 15.6. The van der Waals surface area contributed by atoms with Crippen molar-refractivity contribution in [2.75, 3.05) is 13.7 Å². The van der Waals surface area contributed by atoms with Gasteiger partial charge in [-0.25, -0.2) is 4.39 Å². The Kier molecular flexibility index (Phi) is 4.80. The molecule has 128 valence electrons. The summed E-state index contributed by atoms with van der Waals surface area (Å²) >= 11 is 5.76. The third-order valence-corrected chi connectivity index (χ3v) is 7.22. The Labute approximate surface area is 146 Å². The molecule has 24 heavy (non-hydrogen) atoms. The van der Waals surface area contributed by atoms with Crippen molar-refractivity contribution in [3.8, 4) is 5.75 Å². The molecule has 3 rings (SSSR count). The molecule has 1 saturated heterocycles. The SMILES string of the molecule is COc1ccc(P2(=S)OCC(C)(C)C(c3ccc(F)cc3)O2)cc1. The number of benzene rings is 2. The van der Waals surface area contributed by atoms with Crippen molar-refractivity contribution in [1.29, 1.82) is 0 Å². The van der Waals surface area contributed by atoms with E-state index < -0.39 is 6.49 Å². The van der Waals surface area contributed by atoms with Gasteiger partial charge in [-0.15, -0.1) is 0 Å². The van der Waals surface area contributed by atoms with E-state index in [1.54, 1.807) is 19.2 Å². The van der Waals surface area contributed by atoms with Crippen LogP contribution in [0.15, 0.2) is 48.5 Å². The Morgan fingerprint density at radius 2 is 1.75 bits per heavy atom. The van der Waals surface area contributed by atoms with Crippen molar-refractivity contribution in [1.82, 2.24) is 0 Å². The van der Waals surface area contributed by atoms with Crippen LogP contribution >= 0.6 is 6.49 Å². The lowest BCUT2D eigenvalue weighted by Gasteiger charge is -2.43. The lowest BCUT2D eigenvalue weighted by Crippen LogP contribution is -2.35. The second-order valence-electron chi connectivity index (χ2n) is 6.49. The molecule has 1 aliphatic rings. The highest BCUT2D eigenvalue weighted by atomic mass is 32.5. The molecule has 1 aliphatic heterocycles. The van der Waals surface area contributed by atoms with E-state index in [0.717, 1.165) is 16.6 Å². The van der Waals surface area contributed by atoms with Crippen LogP contribution in [0, 0.1) is 11.2 Å². The molecule has 2 aromatic rings. The summed E-state index contributed by atoms with van der Waals surface area (Å²) in [5.74, 6) is 0.492. The second-order valence-corrected chi connectivity index (χ2v) is 9.92. The summed E-state index contributed by atoms with van der Waals surface area (Å²) in [7, 11) is 1.62. The van der Waals surface area contributed by atoms with Gasteiger partial charge in [-0.3, -0.25) is 0 Å². The number of methoxy groups -OCH3 is 1. The van der Waals surface area contributed by atoms with E-state index in [1.807, 2.05) is 24.3 Å². The fourth-order valence-electron chi connectivity index (χ4n) is 2.69. The van der Waals surface area contributed by atoms with Crippen LogP contribution in [0.25, 0.3) is 0 Å². The van der Waals surface area contributed by atoms with Gasteiger partial charge in [0.15, 0.2) is 0 Å². The fourth-order valence-corrected chi connectivity index (χ4v) is 5.50. The number of hydrogen-bond donors (Lipinski definition) is 0. The molecule has 1 fully saturated rings. The van der Waals surface area contributed by atoms with Crippen LogP contribution < -0.4 is 10.0 Å². The molecule has 0 aromatic heterocycles. The topological polar surface area (TPSA) is 27.7 Å². The normalized spacial score (nSPS) is 26.1. The maximum Gasteiger partial charge on any atom is 0.220 e. The minimum atomic E-state index is -2.63. The van der Waals surface area contributed by atoms with Crippen LogP contribution in [0.5, 0.6) is 5.75 Å². The van der Waals surface area contributed by atoms with E-state index >= 15 is 0 Å². The van der Waals surface area contributed by atoms with Crippen LogP contribution in [-0.2, 0) is 20.9 Å². The monoisotopic (exact) mass is 366 g/mol.